The Morgan fingerprint density at radius 3 is 2.84 bits per heavy atom. The van der Waals surface area contributed by atoms with Crippen LogP contribution in [-0.4, -0.2) is 31.7 Å². The van der Waals surface area contributed by atoms with Gasteiger partial charge < -0.3 is 11.1 Å². The maximum absolute atomic E-state index is 11.5. The summed E-state index contributed by atoms with van der Waals surface area (Å²) in [5.74, 6) is 1.60. The Morgan fingerprint density at radius 1 is 1.58 bits per heavy atom. The van der Waals surface area contributed by atoms with Gasteiger partial charge in [0.2, 0.25) is 0 Å². The van der Waals surface area contributed by atoms with E-state index < -0.39 is 0 Å². The summed E-state index contributed by atoms with van der Waals surface area (Å²) in [6, 6.07) is 1.74. The molecule has 2 heterocycles. The molecule has 1 atom stereocenters. The van der Waals surface area contributed by atoms with Crippen LogP contribution in [0.4, 0.5) is 5.82 Å². The highest BCUT2D eigenvalue weighted by Gasteiger charge is 2.27. The Bertz CT molecular complexity index is 643. The molecule has 0 radical (unpaired) electrons. The van der Waals surface area contributed by atoms with E-state index in [0.29, 0.717) is 29.8 Å². The number of nitrogens with zero attached hydrogens (tertiary/aromatic N) is 3. The molecule has 19 heavy (non-hydrogen) atoms. The minimum atomic E-state index is -0.281. The molecule has 0 spiro atoms. The lowest BCUT2D eigenvalue weighted by Gasteiger charge is -2.34. The maximum atomic E-state index is 11.5. The number of anilines is 1. The summed E-state index contributed by atoms with van der Waals surface area (Å²) in [5.41, 5.74) is 5.85. The van der Waals surface area contributed by atoms with Crippen LogP contribution in [0.1, 0.15) is 26.6 Å². The Balaban J connectivity index is 2.44. The number of rotatable bonds is 4. The zero-order valence-corrected chi connectivity index (χ0v) is 11.7. The fourth-order valence-electron chi connectivity index (χ4n) is 1.89. The Labute approximate surface area is 111 Å². The number of H-pyrrole nitrogens is 1. The number of nitrogens with one attached hydrogen (secondary N) is 2. The number of aromatic amines is 1. The van der Waals surface area contributed by atoms with Crippen molar-refractivity contribution in [3.05, 3.63) is 22.4 Å². The van der Waals surface area contributed by atoms with Crippen molar-refractivity contribution in [1.29, 1.82) is 0 Å². The van der Waals surface area contributed by atoms with E-state index in [1.807, 2.05) is 0 Å². The van der Waals surface area contributed by atoms with E-state index in [-0.39, 0.29) is 11.2 Å². The van der Waals surface area contributed by atoms with E-state index in [0.717, 1.165) is 0 Å². The van der Waals surface area contributed by atoms with Crippen LogP contribution in [0.2, 0.25) is 0 Å². The van der Waals surface area contributed by atoms with Crippen molar-refractivity contribution in [2.24, 2.45) is 11.7 Å². The Morgan fingerprint density at radius 2 is 2.26 bits per heavy atom. The molecule has 0 bridgehead atoms. The van der Waals surface area contributed by atoms with E-state index in [2.05, 4.69) is 41.3 Å². The number of aromatic nitrogens is 4. The van der Waals surface area contributed by atoms with Crippen molar-refractivity contribution in [3.8, 4) is 0 Å². The monoisotopic (exact) mass is 264 g/mol. The van der Waals surface area contributed by atoms with Gasteiger partial charge in [-0.25, -0.2) is 19.3 Å². The summed E-state index contributed by atoms with van der Waals surface area (Å²) in [6.07, 6.45) is 0. The molecular weight excluding hydrogens is 244 g/mol. The Kier molecular flexibility index (Phi) is 3.32. The van der Waals surface area contributed by atoms with Crippen LogP contribution in [0.3, 0.4) is 0 Å². The second kappa shape index (κ2) is 4.65. The third-order valence-electron chi connectivity index (χ3n) is 3.68. The third-order valence-corrected chi connectivity index (χ3v) is 3.68. The van der Waals surface area contributed by atoms with Gasteiger partial charge >= 0.3 is 5.69 Å². The second-order valence-electron chi connectivity index (χ2n) is 5.31. The molecule has 0 aromatic carbocycles. The normalized spacial score (nSPS) is 14.8. The predicted octanol–water partition coefficient (Wildman–Crippen LogP) is 0.511. The average Bonchev–Trinajstić information content (AvgIpc) is 2.71. The minimum Gasteiger partial charge on any atom is -0.363 e. The van der Waals surface area contributed by atoms with Crippen molar-refractivity contribution in [2.45, 2.75) is 33.2 Å². The number of hydrogen-bond acceptors (Lipinski definition) is 5. The van der Waals surface area contributed by atoms with Crippen LogP contribution in [-0.2, 0) is 0 Å². The number of fused-ring (bicyclic) bond motifs is 1. The van der Waals surface area contributed by atoms with E-state index >= 15 is 0 Å². The summed E-state index contributed by atoms with van der Waals surface area (Å²) in [4.78, 5) is 15.9. The minimum absolute atomic E-state index is 0.256. The molecule has 0 saturated carbocycles. The van der Waals surface area contributed by atoms with E-state index in [9.17, 15) is 4.79 Å². The number of nitrogens with two attached hydrogens (primary N) is 1. The number of hydrogen-bond donors (Lipinski definition) is 3. The van der Waals surface area contributed by atoms with Gasteiger partial charge in [-0.15, -0.1) is 0 Å². The summed E-state index contributed by atoms with van der Waals surface area (Å²) in [6.45, 7) is 8.51. The van der Waals surface area contributed by atoms with Gasteiger partial charge in [0.25, 0.3) is 0 Å². The number of aryl methyl sites for hydroxylation is 1. The molecule has 4 N–H and O–H groups in total. The average molecular weight is 264 g/mol. The van der Waals surface area contributed by atoms with E-state index in [1.54, 1.807) is 13.0 Å². The smallest absolute Gasteiger partial charge is 0.349 e. The molecule has 1 unspecified atom stereocenters. The van der Waals surface area contributed by atoms with Crippen LogP contribution >= 0.6 is 0 Å². The summed E-state index contributed by atoms with van der Waals surface area (Å²) >= 11 is 0. The first-order chi connectivity index (χ1) is 8.87. The first-order valence-electron chi connectivity index (χ1n) is 6.30. The lowest BCUT2D eigenvalue weighted by Crippen LogP contribution is -2.47. The zero-order chi connectivity index (χ0) is 14.2. The van der Waals surface area contributed by atoms with Gasteiger partial charge in [-0.2, -0.15) is 5.10 Å². The standard InChI is InChI=1S/C12H20N6O/c1-7(2)12(4,6-13)15-9-5-10-16-17-11(19)18(10)8(3)14-9/h5,7,15H,6,13H2,1-4H3,(H,17,19). The molecule has 0 aliphatic carbocycles. The summed E-state index contributed by atoms with van der Waals surface area (Å²) in [5, 5.41) is 9.71. The van der Waals surface area contributed by atoms with Crippen molar-refractivity contribution < 1.29 is 0 Å². The predicted molar refractivity (Wildman–Crippen MR) is 74.3 cm³/mol. The summed E-state index contributed by atoms with van der Waals surface area (Å²) in [7, 11) is 0. The lowest BCUT2D eigenvalue weighted by molar-refractivity contribution is 0.381. The molecule has 2 rings (SSSR count). The zero-order valence-electron chi connectivity index (χ0n) is 11.7. The molecule has 0 amide bonds. The lowest BCUT2D eigenvalue weighted by atomic mass is 9.88. The van der Waals surface area contributed by atoms with Crippen LogP contribution < -0.4 is 16.7 Å². The highest BCUT2D eigenvalue weighted by Crippen LogP contribution is 2.21. The van der Waals surface area contributed by atoms with Crippen LogP contribution in [0.25, 0.3) is 5.65 Å². The highest BCUT2D eigenvalue weighted by atomic mass is 16.1. The van der Waals surface area contributed by atoms with Crippen molar-refractivity contribution in [2.75, 3.05) is 11.9 Å². The quantitative estimate of drug-likeness (QED) is 0.747. The maximum Gasteiger partial charge on any atom is 0.349 e. The molecule has 0 saturated heterocycles. The van der Waals surface area contributed by atoms with Gasteiger partial charge in [-0.05, 0) is 19.8 Å². The largest absolute Gasteiger partial charge is 0.363 e. The first-order valence-corrected chi connectivity index (χ1v) is 6.30. The molecule has 2 aromatic rings. The van der Waals surface area contributed by atoms with Crippen LogP contribution in [0.5, 0.6) is 0 Å². The molecule has 7 heteroatoms. The van der Waals surface area contributed by atoms with Crippen molar-refractivity contribution >= 4 is 11.5 Å². The van der Waals surface area contributed by atoms with Gasteiger partial charge in [0.15, 0.2) is 5.65 Å². The van der Waals surface area contributed by atoms with Gasteiger partial charge in [0, 0.05) is 12.6 Å². The topological polar surface area (TPSA) is 101 Å². The molecule has 0 fully saturated rings. The van der Waals surface area contributed by atoms with E-state index in [1.165, 1.54) is 4.40 Å². The van der Waals surface area contributed by atoms with Gasteiger partial charge in [0.05, 0.1) is 5.54 Å². The molecule has 0 aliphatic rings. The summed E-state index contributed by atoms with van der Waals surface area (Å²) < 4.78 is 1.43. The first kappa shape index (κ1) is 13.5. The molecule has 2 aromatic heterocycles. The van der Waals surface area contributed by atoms with E-state index in [4.69, 9.17) is 5.73 Å². The third kappa shape index (κ3) is 2.33. The van der Waals surface area contributed by atoms with Crippen LogP contribution in [0.15, 0.2) is 10.9 Å². The second-order valence-corrected chi connectivity index (χ2v) is 5.31. The molecule has 7 nitrogen and oxygen atoms in total. The van der Waals surface area contributed by atoms with Gasteiger partial charge in [0.1, 0.15) is 11.6 Å². The SMILES string of the molecule is Cc1nc(NC(C)(CN)C(C)C)cc2n[nH]c(=O)n12. The fourth-order valence-corrected chi connectivity index (χ4v) is 1.89. The van der Waals surface area contributed by atoms with Gasteiger partial charge in [-0.3, -0.25) is 0 Å². The molecular formula is C12H20N6O. The molecule has 0 aliphatic heterocycles. The van der Waals surface area contributed by atoms with Crippen molar-refractivity contribution in [1.82, 2.24) is 19.6 Å². The highest BCUT2D eigenvalue weighted by molar-refractivity contribution is 5.51. The Hall–Kier alpha value is -1.89. The fraction of sp³-hybridized carbons (Fsp3) is 0.583. The van der Waals surface area contributed by atoms with Gasteiger partial charge in [-0.1, -0.05) is 13.8 Å². The van der Waals surface area contributed by atoms with Crippen molar-refractivity contribution in [3.63, 3.8) is 0 Å². The van der Waals surface area contributed by atoms with Crippen LogP contribution in [0, 0.1) is 12.8 Å². The molecule has 104 valence electrons.